The Hall–Kier alpha value is -0.770. The largest absolute Gasteiger partial charge is 0.382 e. The molecule has 1 fully saturated rings. The van der Waals surface area contributed by atoms with Gasteiger partial charge in [0, 0.05) is 33.9 Å². The van der Waals surface area contributed by atoms with Gasteiger partial charge in [-0.1, -0.05) is 11.6 Å². The molecule has 21 heavy (non-hydrogen) atoms. The zero-order valence-corrected chi connectivity index (χ0v) is 14.1. The third kappa shape index (κ3) is 2.79. The maximum Gasteiger partial charge on any atom is 0.124 e. The lowest BCUT2D eigenvalue weighted by atomic mass is 9.82. The minimum absolute atomic E-state index is 0.0374. The van der Waals surface area contributed by atoms with Crippen molar-refractivity contribution in [3.05, 3.63) is 28.8 Å². The fourth-order valence-electron chi connectivity index (χ4n) is 3.76. The van der Waals surface area contributed by atoms with E-state index >= 15 is 0 Å². The number of hydrogen-bond acceptors (Lipinski definition) is 3. The van der Waals surface area contributed by atoms with E-state index in [2.05, 4.69) is 38.1 Å². The van der Waals surface area contributed by atoms with E-state index in [-0.39, 0.29) is 17.2 Å². The summed E-state index contributed by atoms with van der Waals surface area (Å²) in [4.78, 5) is 6.48. The second-order valence-electron chi connectivity index (χ2n) is 7.48. The van der Waals surface area contributed by atoms with Gasteiger partial charge in [-0.05, 0) is 65.2 Å². The fourth-order valence-corrected chi connectivity index (χ4v) is 3.94. The molecule has 0 amide bonds. The van der Waals surface area contributed by atoms with Crippen LogP contribution >= 0.6 is 11.6 Å². The monoisotopic (exact) mass is 308 g/mol. The van der Waals surface area contributed by atoms with E-state index in [0.29, 0.717) is 0 Å². The predicted octanol–water partition coefficient (Wildman–Crippen LogP) is 4.78. The van der Waals surface area contributed by atoms with E-state index in [0.717, 1.165) is 17.3 Å². The van der Waals surface area contributed by atoms with E-state index < -0.39 is 0 Å². The number of halogens is 1. The number of anilines is 1. The first-order chi connectivity index (χ1) is 9.79. The van der Waals surface area contributed by atoms with Gasteiger partial charge >= 0.3 is 0 Å². The Morgan fingerprint density at radius 1 is 1.19 bits per heavy atom. The summed E-state index contributed by atoms with van der Waals surface area (Å²) in [6.45, 7) is 9.90. The second-order valence-corrected chi connectivity index (χ2v) is 7.92. The highest BCUT2D eigenvalue weighted by Crippen LogP contribution is 2.42. The maximum atomic E-state index is 6.48. The topological polar surface area (TPSA) is 24.5 Å². The normalized spacial score (nSPS) is 27.2. The zero-order valence-electron chi connectivity index (χ0n) is 13.4. The Morgan fingerprint density at radius 3 is 2.52 bits per heavy atom. The van der Waals surface area contributed by atoms with Gasteiger partial charge in [0.1, 0.15) is 6.10 Å². The van der Waals surface area contributed by atoms with Gasteiger partial charge in [0.25, 0.3) is 0 Å². The summed E-state index contributed by atoms with van der Waals surface area (Å²) in [5.41, 5.74) is 2.42. The Balaban J connectivity index is 1.85. The number of piperidine rings is 1. The molecule has 0 spiro atoms. The van der Waals surface area contributed by atoms with E-state index in [1.54, 1.807) is 0 Å². The molecule has 1 unspecified atom stereocenters. The minimum Gasteiger partial charge on any atom is -0.382 e. The molecule has 4 heteroatoms. The second kappa shape index (κ2) is 5.15. The molecule has 0 saturated carbocycles. The number of nitrogens with zero attached hydrogens (tertiary/aromatic N) is 1. The highest BCUT2D eigenvalue weighted by atomic mass is 35.5. The Kier molecular flexibility index (Phi) is 3.71. The summed E-state index contributed by atoms with van der Waals surface area (Å²) in [7, 11) is 0. The predicted molar refractivity (Wildman–Crippen MR) is 87.6 cm³/mol. The van der Waals surface area contributed by atoms with Crippen LogP contribution in [0.25, 0.3) is 0 Å². The smallest absolute Gasteiger partial charge is 0.124 e. The minimum atomic E-state index is 0.0374. The summed E-state index contributed by atoms with van der Waals surface area (Å²) >= 11 is 6.15. The molecule has 2 heterocycles. The van der Waals surface area contributed by atoms with Crippen LogP contribution in [0, 0.1) is 0 Å². The highest BCUT2D eigenvalue weighted by molar-refractivity contribution is 6.30. The van der Waals surface area contributed by atoms with Gasteiger partial charge in [-0.2, -0.15) is 5.06 Å². The summed E-state index contributed by atoms with van der Waals surface area (Å²) < 4.78 is 0. The Morgan fingerprint density at radius 2 is 1.86 bits per heavy atom. The van der Waals surface area contributed by atoms with E-state index in [9.17, 15) is 0 Å². The van der Waals surface area contributed by atoms with Crippen LogP contribution in [0.15, 0.2) is 18.2 Å². The van der Waals surface area contributed by atoms with E-state index in [1.807, 2.05) is 18.2 Å². The average molecular weight is 309 g/mol. The molecule has 116 valence electrons. The Labute approximate surface area is 132 Å². The van der Waals surface area contributed by atoms with Crippen molar-refractivity contribution >= 4 is 17.3 Å². The standard InChI is InChI=1S/C17H25ClN2O/c1-16(2)8-5-9-17(3,4)20(16)21-15-11-19-14-7-6-12(18)10-13(14)15/h6-7,10,15,19H,5,8-9,11H2,1-4H3. The van der Waals surface area contributed by atoms with Gasteiger partial charge in [0.2, 0.25) is 0 Å². The molecule has 3 rings (SSSR count). The van der Waals surface area contributed by atoms with Crippen molar-refractivity contribution in [1.82, 2.24) is 5.06 Å². The summed E-state index contributed by atoms with van der Waals surface area (Å²) in [5, 5.41) is 6.41. The van der Waals surface area contributed by atoms with Gasteiger partial charge in [0.15, 0.2) is 0 Å². The average Bonchev–Trinajstić information content (AvgIpc) is 2.76. The number of benzene rings is 1. The van der Waals surface area contributed by atoms with Crippen LogP contribution in [-0.2, 0) is 4.84 Å². The van der Waals surface area contributed by atoms with Crippen molar-refractivity contribution in [2.75, 3.05) is 11.9 Å². The molecule has 0 aliphatic carbocycles. The van der Waals surface area contributed by atoms with Crippen LogP contribution in [0.4, 0.5) is 5.69 Å². The molecule has 1 atom stereocenters. The Bertz CT molecular complexity index is 526. The zero-order chi connectivity index (χ0) is 15.3. The van der Waals surface area contributed by atoms with Crippen molar-refractivity contribution in [3.8, 4) is 0 Å². The van der Waals surface area contributed by atoms with Crippen LogP contribution in [0.3, 0.4) is 0 Å². The van der Waals surface area contributed by atoms with Crippen LogP contribution in [0.2, 0.25) is 5.02 Å². The molecular weight excluding hydrogens is 284 g/mol. The van der Waals surface area contributed by atoms with Crippen LogP contribution in [0.1, 0.15) is 58.6 Å². The fraction of sp³-hybridized carbons (Fsp3) is 0.647. The van der Waals surface area contributed by atoms with Gasteiger partial charge in [-0.25, -0.2) is 0 Å². The molecule has 1 saturated heterocycles. The van der Waals surface area contributed by atoms with Crippen molar-refractivity contribution < 1.29 is 4.84 Å². The summed E-state index contributed by atoms with van der Waals surface area (Å²) in [5.74, 6) is 0. The van der Waals surface area contributed by atoms with Crippen LogP contribution in [-0.4, -0.2) is 22.7 Å². The molecule has 0 bridgehead atoms. The maximum absolute atomic E-state index is 6.48. The number of rotatable bonds is 2. The lowest BCUT2D eigenvalue weighted by Gasteiger charge is -2.52. The van der Waals surface area contributed by atoms with Crippen molar-refractivity contribution in [1.29, 1.82) is 0 Å². The van der Waals surface area contributed by atoms with Crippen molar-refractivity contribution in [3.63, 3.8) is 0 Å². The molecule has 3 nitrogen and oxygen atoms in total. The van der Waals surface area contributed by atoms with Crippen LogP contribution < -0.4 is 5.32 Å². The lowest BCUT2D eigenvalue weighted by molar-refractivity contribution is -0.303. The first kappa shape index (κ1) is 15.1. The van der Waals surface area contributed by atoms with Gasteiger partial charge in [-0.15, -0.1) is 0 Å². The summed E-state index contributed by atoms with van der Waals surface area (Å²) in [6.07, 6.45) is 3.62. The molecular formula is C17H25ClN2O. The number of nitrogens with one attached hydrogen (secondary N) is 1. The first-order valence-corrected chi connectivity index (χ1v) is 8.18. The molecule has 2 aliphatic rings. The van der Waals surface area contributed by atoms with Gasteiger partial charge in [-0.3, -0.25) is 4.84 Å². The van der Waals surface area contributed by atoms with E-state index in [4.69, 9.17) is 16.4 Å². The van der Waals surface area contributed by atoms with Gasteiger partial charge in [0.05, 0.1) is 0 Å². The summed E-state index contributed by atoms with van der Waals surface area (Å²) in [6, 6.07) is 5.98. The first-order valence-electron chi connectivity index (χ1n) is 7.80. The van der Waals surface area contributed by atoms with Crippen LogP contribution in [0.5, 0.6) is 0 Å². The molecule has 1 N–H and O–H groups in total. The number of hydroxylamine groups is 2. The molecule has 0 radical (unpaired) electrons. The van der Waals surface area contributed by atoms with Crippen molar-refractivity contribution in [2.24, 2.45) is 0 Å². The number of fused-ring (bicyclic) bond motifs is 1. The molecule has 1 aromatic rings. The van der Waals surface area contributed by atoms with E-state index in [1.165, 1.54) is 24.8 Å². The molecule has 1 aromatic carbocycles. The van der Waals surface area contributed by atoms with Crippen molar-refractivity contribution in [2.45, 2.75) is 64.1 Å². The lowest BCUT2D eigenvalue weighted by Crippen LogP contribution is -2.58. The highest BCUT2D eigenvalue weighted by Gasteiger charge is 2.44. The third-order valence-electron chi connectivity index (χ3n) is 4.75. The number of hydrogen-bond donors (Lipinski definition) is 1. The molecule has 2 aliphatic heterocycles. The SMILES string of the molecule is CC1(C)CCCC(C)(C)N1OC1CNc2ccc(Cl)cc21. The quantitative estimate of drug-likeness (QED) is 0.851. The molecule has 0 aromatic heterocycles. The van der Waals surface area contributed by atoms with Gasteiger partial charge < -0.3 is 5.32 Å². The third-order valence-corrected chi connectivity index (χ3v) is 4.98.